The van der Waals surface area contributed by atoms with Crippen molar-refractivity contribution in [3.05, 3.63) is 41.2 Å². The molecular formula is C17H16F3N3O3. The van der Waals surface area contributed by atoms with Crippen molar-refractivity contribution in [3.63, 3.8) is 0 Å². The maximum atomic E-state index is 12.8. The lowest BCUT2D eigenvalue weighted by Crippen LogP contribution is -2.42. The van der Waals surface area contributed by atoms with E-state index in [9.17, 15) is 27.9 Å². The quantitative estimate of drug-likeness (QED) is 0.757. The Bertz CT molecular complexity index is 856. The smallest absolute Gasteiger partial charge is 0.416 e. The summed E-state index contributed by atoms with van der Waals surface area (Å²) in [7, 11) is 0. The number of carbonyl (C=O) groups excluding carboxylic acids is 1. The summed E-state index contributed by atoms with van der Waals surface area (Å²) in [5.74, 6) is -1.78. The van der Waals surface area contributed by atoms with E-state index in [4.69, 9.17) is 0 Å². The number of amides is 1. The molecule has 26 heavy (non-hydrogen) atoms. The Balaban J connectivity index is 1.85. The van der Waals surface area contributed by atoms with Crippen LogP contribution in [0.2, 0.25) is 0 Å². The Morgan fingerprint density at radius 1 is 1.35 bits per heavy atom. The number of aryl methyl sites for hydroxylation is 1. The largest absolute Gasteiger partial charge is 0.480 e. The summed E-state index contributed by atoms with van der Waals surface area (Å²) in [5.41, 5.74) is -0.340. The Hall–Kier alpha value is -2.84. The van der Waals surface area contributed by atoms with Crippen LogP contribution in [0.25, 0.3) is 11.4 Å². The second kappa shape index (κ2) is 6.47. The van der Waals surface area contributed by atoms with Crippen LogP contribution in [0, 0.1) is 12.8 Å². The third-order valence-corrected chi connectivity index (χ3v) is 4.21. The van der Waals surface area contributed by atoms with Gasteiger partial charge in [0.25, 0.3) is 5.91 Å². The number of hydrogen-bond acceptors (Lipinski definition) is 3. The molecule has 1 aliphatic carbocycles. The fraction of sp³-hybridized carbons (Fsp3) is 0.353. The zero-order valence-corrected chi connectivity index (χ0v) is 13.7. The van der Waals surface area contributed by atoms with Gasteiger partial charge in [0.2, 0.25) is 0 Å². The Labute approximate surface area is 146 Å². The van der Waals surface area contributed by atoms with Gasteiger partial charge in [-0.1, -0.05) is 12.1 Å². The first-order chi connectivity index (χ1) is 12.2. The van der Waals surface area contributed by atoms with Crippen molar-refractivity contribution in [1.82, 2.24) is 15.3 Å². The van der Waals surface area contributed by atoms with Crippen molar-refractivity contribution >= 4 is 11.9 Å². The van der Waals surface area contributed by atoms with E-state index in [0.29, 0.717) is 5.69 Å². The van der Waals surface area contributed by atoms with Crippen LogP contribution < -0.4 is 5.32 Å². The average molecular weight is 367 g/mol. The van der Waals surface area contributed by atoms with Gasteiger partial charge in [-0.2, -0.15) is 13.2 Å². The molecule has 1 amide bonds. The highest BCUT2D eigenvalue weighted by Crippen LogP contribution is 2.33. The molecule has 0 saturated heterocycles. The summed E-state index contributed by atoms with van der Waals surface area (Å²) in [5, 5.41) is 11.6. The van der Waals surface area contributed by atoms with Crippen molar-refractivity contribution in [2.24, 2.45) is 5.92 Å². The predicted octanol–water partition coefficient (Wildman–Crippen LogP) is 3.00. The number of imidazole rings is 1. The number of aliphatic carboxylic acids is 1. The number of hydrogen-bond donors (Lipinski definition) is 3. The first kappa shape index (κ1) is 18.0. The number of alkyl halides is 3. The van der Waals surface area contributed by atoms with Crippen LogP contribution in [0.1, 0.15) is 34.6 Å². The van der Waals surface area contributed by atoms with Crippen molar-refractivity contribution in [2.45, 2.75) is 32.0 Å². The van der Waals surface area contributed by atoms with Crippen LogP contribution in [0.3, 0.4) is 0 Å². The molecule has 1 atom stereocenters. The van der Waals surface area contributed by atoms with E-state index >= 15 is 0 Å². The molecule has 1 aliphatic rings. The lowest BCUT2D eigenvalue weighted by atomic mass is 10.1. The third-order valence-electron chi connectivity index (χ3n) is 4.21. The van der Waals surface area contributed by atoms with Crippen molar-refractivity contribution in [2.75, 3.05) is 0 Å². The second-order valence-electron chi connectivity index (χ2n) is 6.26. The summed E-state index contributed by atoms with van der Waals surface area (Å²) in [6.07, 6.45) is -3.03. The van der Waals surface area contributed by atoms with Crippen LogP contribution >= 0.6 is 0 Å². The zero-order valence-electron chi connectivity index (χ0n) is 13.7. The van der Waals surface area contributed by atoms with E-state index in [1.54, 1.807) is 6.92 Å². The van der Waals surface area contributed by atoms with Gasteiger partial charge in [-0.3, -0.25) is 4.79 Å². The lowest BCUT2D eigenvalue weighted by Gasteiger charge is -2.12. The maximum absolute atomic E-state index is 12.8. The van der Waals surface area contributed by atoms with E-state index in [2.05, 4.69) is 15.3 Å². The average Bonchev–Trinajstić information content (AvgIpc) is 3.33. The number of carboxylic acid groups (broad SMARTS) is 1. The minimum Gasteiger partial charge on any atom is -0.480 e. The second-order valence-corrected chi connectivity index (χ2v) is 6.26. The number of aromatic nitrogens is 2. The standard InChI is InChI=1S/C17H16F3N3O3/c1-8-12(15(24)23-13(16(25)26)9-5-6-9)22-14(21-8)10-3-2-4-11(7-10)17(18,19)20/h2-4,7,9,13H,5-6H2,1H3,(H,21,22)(H,23,24)(H,25,26). The number of carboxylic acids is 1. The number of nitrogens with one attached hydrogen (secondary N) is 2. The molecule has 1 saturated carbocycles. The highest BCUT2D eigenvalue weighted by molar-refractivity contribution is 5.96. The van der Waals surface area contributed by atoms with E-state index < -0.39 is 29.7 Å². The van der Waals surface area contributed by atoms with E-state index in [1.807, 2.05) is 0 Å². The Morgan fingerprint density at radius 3 is 2.62 bits per heavy atom. The number of benzene rings is 1. The monoisotopic (exact) mass is 367 g/mol. The van der Waals surface area contributed by atoms with Gasteiger partial charge >= 0.3 is 12.1 Å². The van der Waals surface area contributed by atoms with Crippen LogP contribution in [0.5, 0.6) is 0 Å². The minimum atomic E-state index is -4.49. The van der Waals surface area contributed by atoms with Gasteiger partial charge in [-0.25, -0.2) is 9.78 Å². The fourth-order valence-electron chi connectivity index (χ4n) is 2.68. The molecule has 3 rings (SSSR count). The topological polar surface area (TPSA) is 95.1 Å². The third kappa shape index (κ3) is 3.71. The minimum absolute atomic E-state index is 0.0377. The van der Waals surface area contributed by atoms with Gasteiger partial charge < -0.3 is 15.4 Å². The molecule has 1 aromatic carbocycles. The van der Waals surface area contributed by atoms with Crippen LogP contribution in [-0.4, -0.2) is 33.0 Å². The molecule has 138 valence electrons. The van der Waals surface area contributed by atoms with Crippen molar-refractivity contribution in [3.8, 4) is 11.4 Å². The molecule has 9 heteroatoms. The van der Waals surface area contributed by atoms with Crippen LogP contribution in [0.4, 0.5) is 13.2 Å². The number of carbonyl (C=O) groups is 2. The molecule has 2 aromatic rings. The molecule has 1 unspecified atom stereocenters. The highest BCUT2D eigenvalue weighted by atomic mass is 19.4. The number of H-pyrrole nitrogens is 1. The lowest BCUT2D eigenvalue weighted by molar-refractivity contribution is -0.140. The molecular weight excluding hydrogens is 351 g/mol. The maximum Gasteiger partial charge on any atom is 0.416 e. The molecule has 1 fully saturated rings. The number of nitrogens with zero attached hydrogens (tertiary/aromatic N) is 1. The zero-order chi connectivity index (χ0) is 19.1. The number of aromatic amines is 1. The predicted molar refractivity (Wildman–Crippen MR) is 85.4 cm³/mol. The molecule has 0 aliphatic heterocycles. The van der Waals surface area contributed by atoms with Crippen LogP contribution in [-0.2, 0) is 11.0 Å². The number of halogens is 3. The van der Waals surface area contributed by atoms with Gasteiger partial charge in [-0.05, 0) is 37.8 Å². The molecule has 0 spiro atoms. The fourth-order valence-corrected chi connectivity index (χ4v) is 2.68. The Morgan fingerprint density at radius 2 is 2.04 bits per heavy atom. The molecule has 1 heterocycles. The van der Waals surface area contributed by atoms with E-state index in [-0.39, 0.29) is 23.0 Å². The summed E-state index contributed by atoms with van der Waals surface area (Å²) in [6.45, 7) is 1.55. The normalized spacial score (nSPS) is 15.5. The molecule has 0 bridgehead atoms. The van der Waals surface area contributed by atoms with Crippen molar-refractivity contribution in [1.29, 1.82) is 0 Å². The SMILES string of the molecule is Cc1[nH]c(-c2cccc(C(F)(F)F)c2)nc1C(=O)NC(C(=O)O)C1CC1. The number of rotatable bonds is 5. The van der Waals surface area contributed by atoms with Crippen LogP contribution in [0.15, 0.2) is 24.3 Å². The Kier molecular flexibility index (Phi) is 4.47. The van der Waals surface area contributed by atoms with Gasteiger partial charge in [0, 0.05) is 11.3 Å². The van der Waals surface area contributed by atoms with Gasteiger partial charge in [0.15, 0.2) is 0 Å². The first-order valence-electron chi connectivity index (χ1n) is 7.94. The highest BCUT2D eigenvalue weighted by Gasteiger charge is 2.38. The summed E-state index contributed by atoms with van der Waals surface area (Å²) in [6, 6.07) is 3.59. The molecule has 3 N–H and O–H groups in total. The van der Waals surface area contributed by atoms with Gasteiger partial charge in [0.05, 0.1) is 5.56 Å². The van der Waals surface area contributed by atoms with Crippen molar-refractivity contribution < 1.29 is 27.9 Å². The van der Waals surface area contributed by atoms with E-state index in [0.717, 1.165) is 25.0 Å². The van der Waals surface area contributed by atoms with Gasteiger partial charge in [-0.15, -0.1) is 0 Å². The molecule has 6 nitrogen and oxygen atoms in total. The molecule has 1 aromatic heterocycles. The first-order valence-corrected chi connectivity index (χ1v) is 7.94. The summed E-state index contributed by atoms with van der Waals surface area (Å²) in [4.78, 5) is 30.4. The molecule has 0 radical (unpaired) electrons. The van der Waals surface area contributed by atoms with Gasteiger partial charge in [0.1, 0.15) is 17.6 Å². The summed E-state index contributed by atoms with van der Waals surface area (Å²) >= 11 is 0. The van der Waals surface area contributed by atoms with E-state index in [1.165, 1.54) is 12.1 Å². The summed E-state index contributed by atoms with van der Waals surface area (Å²) < 4.78 is 38.5.